The number of anilines is 1. The number of aromatic nitrogens is 2. The topological polar surface area (TPSA) is 51.4 Å². The highest BCUT2D eigenvalue weighted by molar-refractivity contribution is 7.18. The second-order valence-electron chi connectivity index (χ2n) is 7.32. The van der Waals surface area contributed by atoms with Crippen LogP contribution in [0.1, 0.15) is 30.7 Å². The van der Waals surface area contributed by atoms with Gasteiger partial charge < -0.3 is 10.2 Å². The fourth-order valence-electron chi connectivity index (χ4n) is 3.51. The summed E-state index contributed by atoms with van der Waals surface area (Å²) in [7, 11) is 2.20. The molecule has 4 rings (SSSR count). The van der Waals surface area contributed by atoms with Crippen molar-refractivity contribution < 1.29 is 4.90 Å². The Kier molecular flexibility index (Phi) is 4.97. The molecule has 0 radical (unpaired) electrons. The number of likely N-dealkylation sites (N-methyl/N-ethyl adjacent to an activating group) is 1. The molecule has 142 valence electrons. The van der Waals surface area contributed by atoms with Crippen molar-refractivity contribution in [1.29, 1.82) is 0 Å². The Bertz CT molecular complexity index is 1040. The van der Waals surface area contributed by atoms with Crippen LogP contribution < -0.4 is 15.8 Å². The normalized spacial score (nSPS) is 17.7. The van der Waals surface area contributed by atoms with Gasteiger partial charge >= 0.3 is 0 Å². The predicted molar refractivity (Wildman–Crippen MR) is 113 cm³/mol. The van der Waals surface area contributed by atoms with Crippen LogP contribution in [0, 0.1) is 0 Å². The Morgan fingerprint density at radius 2 is 2.11 bits per heavy atom. The molecule has 3 aromatic rings. The summed E-state index contributed by atoms with van der Waals surface area (Å²) in [6, 6.07) is 7.58. The maximum atomic E-state index is 13.6. The molecule has 2 aromatic heterocycles. The van der Waals surface area contributed by atoms with Crippen LogP contribution in [-0.2, 0) is 13.0 Å². The molecule has 0 bridgehead atoms. The minimum absolute atomic E-state index is 0.00479. The molecule has 1 unspecified atom stereocenters. The zero-order valence-corrected chi connectivity index (χ0v) is 17.4. The number of benzene rings is 1. The number of thiophene rings is 1. The summed E-state index contributed by atoms with van der Waals surface area (Å²) >= 11 is 7.72. The molecule has 27 heavy (non-hydrogen) atoms. The van der Waals surface area contributed by atoms with E-state index in [9.17, 15) is 4.79 Å². The molecule has 1 aliphatic heterocycles. The van der Waals surface area contributed by atoms with Crippen LogP contribution in [0.15, 0.2) is 29.1 Å². The molecule has 2 atom stereocenters. The van der Waals surface area contributed by atoms with Crippen LogP contribution in [0.2, 0.25) is 5.02 Å². The van der Waals surface area contributed by atoms with Gasteiger partial charge in [-0.05, 0) is 43.2 Å². The van der Waals surface area contributed by atoms with Crippen molar-refractivity contribution in [2.45, 2.75) is 39.3 Å². The maximum absolute atomic E-state index is 13.6. The van der Waals surface area contributed by atoms with Crippen molar-refractivity contribution in [3.63, 3.8) is 0 Å². The molecule has 2 N–H and O–H groups in total. The number of halogens is 1. The van der Waals surface area contributed by atoms with Gasteiger partial charge in [0.1, 0.15) is 11.4 Å². The highest BCUT2D eigenvalue weighted by Crippen LogP contribution is 2.31. The summed E-state index contributed by atoms with van der Waals surface area (Å²) in [5.41, 5.74) is 1.98. The van der Waals surface area contributed by atoms with Crippen LogP contribution in [0.4, 0.5) is 5.95 Å². The first-order valence-corrected chi connectivity index (χ1v) is 10.6. The number of nitrogens with zero attached hydrogens (tertiary/aromatic N) is 2. The Labute approximate surface area is 167 Å². The minimum atomic E-state index is 0.00479. The van der Waals surface area contributed by atoms with E-state index >= 15 is 0 Å². The summed E-state index contributed by atoms with van der Waals surface area (Å²) in [4.78, 5) is 22.1. The van der Waals surface area contributed by atoms with Gasteiger partial charge in [0.05, 0.1) is 29.5 Å². The molecule has 0 spiro atoms. The SMILES string of the molecule is CC[C@@H](C)Nc1nc2sc3c(c2c(=O)n1-c1ccc(Cl)cc1)CC[NH+](C)C3. The number of nitrogens with one attached hydrogen (secondary N) is 2. The van der Waals surface area contributed by atoms with Crippen LogP contribution in [0.3, 0.4) is 0 Å². The smallest absolute Gasteiger partial charge is 0.268 e. The third-order valence-electron chi connectivity index (χ3n) is 5.25. The lowest BCUT2D eigenvalue weighted by atomic mass is 10.1. The molecule has 5 nitrogen and oxygen atoms in total. The molecule has 1 aromatic carbocycles. The van der Waals surface area contributed by atoms with E-state index in [4.69, 9.17) is 16.6 Å². The Hall–Kier alpha value is -1.89. The molecule has 7 heteroatoms. The van der Waals surface area contributed by atoms with Crippen molar-refractivity contribution in [3.05, 3.63) is 50.1 Å². The van der Waals surface area contributed by atoms with Gasteiger partial charge in [-0.3, -0.25) is 4.79 Å². The molecule has 0 amide bonds. The van der Waals surface area contributed by atoms with Gasteiger partial charge in [0.25, 0.3) is 5.56 Å². The lowest BCUT2D eigenvalue weighted by Crippen LogP contribution is -3.08. The molecular formula is C20H24ClN4OS+. The lowest BCUT2D eigenvalue weighted by Gasteiger charge is -2.19. The van der Waals surface area contributed by atoms with Crippen molar-refractivity contribution >= 4 is 39.1 Å². The first-order valence-electron chi connectivity index (χ1n) is 9.39. The van der Waals surface area contributed by atoms with E-state index < -0.39 is 0 Å². The van der Waals surface area contributed by atoms with Crippen LogP contribution in [-0.4, -0.2) is 29.2 Å². The van der Waals surface area contributed by atoms with Crippen LogP contribution in [0.5, 0.6) is 0 Å². The second kappa shape index (κ2) is 7.26. The predicted octanol–water partition coefficient (Wildman–Crippen LogP) is 2.88. The van der Waals surface area contributed by atoms with Gasteiger partial charge in [-0.15, -0.1) is 11.3 Å². The molecule has 0 saturated carbocycles. The summed E-state index contributed by atoms with van der Waals surface area (Å²) in [6.07, 6.45) is 1.88. The average molecular weight is 404 g/mol. The van der Waals surface area contributed by atoms with E-state index in [2.05, 4.69) is 26.2 Å². The average Bonchev–Trinajstić information content (AvgIpc) is 3.00. The number of hydrogen-bond acceptors (Lipinski definition) is 4. The first kappa shape index (κ1) is 18.5. The first-order chi connectivity index (χ1) is 13.0. The van der Waals surface area contributed by atoms with Gasteiger partial charge in [-0.1, -0.05) is 18.5 Å². The monoisotopic (exact) mass is 403 g/mol. The quantitative estimate of drug-likeness (QED) is 0.704. The van der Waals surface area contributed by atoms with Gasteiger partial charge in [-0.2, -0.15) is 0 Å². The van der Waals surface area contributed by atoms with Crippen molar-refractivity contribution in [2.75, 3.05) is 18.9 Å². The third-order valence-corrected chi connectivity index (χ3v) is 6.62. The van der Waals surface area contributed by atoms with E-state index in [-0.39, 0.29) is 11.6 Å². The Balaban J connectivity index is 1.97. The summed E-state index contributed by atoms with van der Waals surface area (Å²) in [5.74, 6) is 0.600. The molecule has 0 fully saturated rings. The molecule has 3 heterocycles. The highest BCUT2D eigenvalue weighted by Gasteiger charge is 2.26. The highest BCUT2D eigenvalue weighted by atomic mass is 35.5. The molecular weight excluding hydrogens is 380 g/mol. The van der Waals surface area contributed by atoms with Crippen molar-refractivity contribution in [2.24, 2.45) is 0 Å². The molecule has 0 saturated heterocycles. The van der Waals surface area contributed by atoms with Gasteiger partial charge in [0.15, 0.2) is 0 Å². The van der Waals surface area contributed by atoms with Crippen molar-refractivity contribution in [3.8, 4) is 5.69 Å². The largest absolute Gasteiger partial charge is 0.353 e. The van der Waals surface area contributed by atoms with E-state index in [0.29, 0.717) is 11.0 Å². The standard InChI is InChI=1S/C20H23ClN4OS/c1-4-12(2)22-20-23-18-17(15-9-10-24(3)11-16(15)27-18)19(26)25(20)14-7-5-13(21)6-8-14/h5-8,12H,4,9-11H2,1-3H3,(H,22,23)/p+1/t12-/m1/s1. The third kappa shape index (κ3) is 3.37. The fraction of sp³-hybridized carbons (Fsp3) is 0.400. The van der Waals surface area contributed by atoms with Crippen LogP contribution in [0.25, 0.3) is 15.9 Å². The van der Waals surface area contributed by atoms with Gasteiger partial charge in [0, 0.05) is 17.5 Å². The molecule has 0 aliphatic carbocycles. The minimum Gasteiger partial charge on any atom is -0.353 e. The Morgan fingerprint density at radius 3 is 2.81 bits per heavy atom. The summed E-state index contributed by atoms with van der Waals surface area (Å²) in [5, 5.41) is 4.85. The number of fused-ring (bicyclic) bond motifs is 3. The van der Waals surface area contributed by atoms with E-state index in [1.165, 1.54) is 15.3 Å². The number of hydrogen-bond donors (Lipinski definition) is 2. The molecule has 1 aliphatic rings. The number of rotatable bonds is 4. The van der Waals surface area contributed by atoms with Crippen LogP contribution >= 0.6 is 22.9 Å². The second-order valence-corrected chi connectivity index (χ2v) is 8.84. The van der Waals surface area contributed by atoms with Crippen molar-refractivity contribution in [1.82, 2.24) is 9.55 Å². The lowest BCUT2D eigenvalue weighted by molar-refractivity contribution is -0.895. The van der Waals surface area contributed by atoms with E-state index in [0.717, 1.165) is 41.8 Å². The fourth-order valence-corrected chi connectivity index (χ4v) is 4.96. The Morgan fingerprint density at radius 1 is 1.37 bits per heavy atom. The van der Waals surface area contributed by atoms with E-state index in [1.54, 1.807) is 15.9 Å². The zero-order chi connectivity index (χ0) is 19.1. The maximum Gasteiger partial charge on any atom is 0.268 e. The van der Waals surface area contributed by atoms with E-state index in [1.807, 2.05) is 24.3 Å². The zero-order valence-electron chi connectivity index (χ0n) is 15.8. The number of quaternary nitrogens is 1. The van der Waals surface area contributed by atoms with Gasteiger partial charge in [-0.25, -0.2) is 9.55 Å². The summed E-state index contributed by atoms with van der Waals surface area (Å²) in [6.45, 7) is 6.22. The summed E-state index contributed by atoms with van der Waals surface area (Å²) < 4.78 is 1.70. The van der Waals surface area contributed by atoms with Gasteiger partial charge in [0.2, 0.25) is 5.95 Å².